The van der Waals surface area contributed by atoms with Gasteiger partial charge in [-0.2, -0.15) is 0 Å². The fourth-order valence-electron chi connectivity index (χ4n) is 1.41. The first-order valence-electron chi connectivity index (χ1n) is 5.77. The number of alkyl halides is 1. The quantitative estimate of drug-likeness (QED) is 0.474. The maximum absolute atomic E-state index is 5.85. The predicted molar refractivity (Wildman–Crippen MR) is 65.2 cm³/mol. The van der Waals surface area contributed by atoms with Gasteiger partial charge < -0.3 is 10.2 Å². The lowest BCUT2D eigenvalue weighted by Crippen LogP contribution is -2.32. The predicted octanol–water partition coefficient (Wildman–Crippen LogP) is 2.33. The van der Waals surface area contributed by atoms with E-state index < -0.39 is 0 Å². The van der Waals surface area contributed by atoms with Gasteiger partial charge in [-0.1, -0.05) is 13.8 Å². The number of likely N-dealkylation sites (N-methyl/N-ethyl adjacent to an activating group) is 1. The average Bonchev–Trinajstić information content (AvgIpc) is 2.16. The van der Waals surface area contributed by atoms with Crippen molar-refractivity contribution in [1.29, 1.82) is 0 Å². The highest BCUT2D eigenvalue weighted by atomic mass is 35.5. The van der Waals surface area contributed by atoms with Gasteiger partial charge in [0.15, 0.2) is 0 Å². The fourth-order valence-corrected chi connectivity index (χ4v) is 1.56. The summed E-state index contributed by atoms with van der Waals surface area (Å²) in [5.74, 6) is 0. The molecule has 86 valence electrons. The molecular formula is C11H25ClN2. The molecule has 1 N–H and O–H groups in total. The number of nitrogens with zero attached hydrogens (tertiary/aromatic N) is 1. The van der Waals surface area contributed by atoms with Crippen LogP contribution in [-0.4, -0.2) is 43.0 Å². The third kappa shape index (κ3) is 8.79. The van der Waals surface area contributed by atoms with Crippen LogP contribution < -0.4 is 5.32 Å². The van der Waals surface area contributed by atoms with Gasteiger partial charge in [-0.3, -0.25) is 0 Å². The van der Waals surface area contributed by atoms with Crippen LogP contribution in [0.15, 0.2) is 0 Å². The van der Waals surface area contributed by atoms with Gasteiger partial charge in [0.1, 0.15) is 0 Å². The van der Waals surface area contributed by atoms with E-state index in [1.54, 1.807) is 0 Å². The van der Waals surface area contributed by atoms with Crippen molar-refractivity contribution in [2.45, 2.75) is 39.0 Å². The number of nitrogens with one attached hydrogen (secondary N) is 1. The topological polar surface area (TPSA) is 15.3 Å². The summed E-state index contributed by atoms with van der Waals surface area (Å²) in [7, 11) is 0. The van der Waals surface area contributed by atoms with Crippen LogP contribution in [0.5, 0.6) is 0 Å². The maximum Gasteiger partial charge on any atom is 0.0308 e. The molecule has 0 aromatic rings. The van der Waals surface area contributed by atoms with Crippen LogP contribution in [-0.2, 0) is 0 Å². The second-order valence-electron chi connectivity index (χ2n) is 3.70. The monoisotopic (exact) mass is 220 g/mol. The molecule has 3 heteroatoms. The zero-order valence-corrected chi connectivity index (χ0v) is 10.6. The Kier molecular flexibility index (Phi) is 9.90. The second kappa shape index (κ2) is 9.75. The molecule has 0 bridgehead atoms. The van der Waals surface area contributed by atoms with Crippen LogP contribution in [0.3, 0.4) is 0 Å². The summed E-state index contributed by atoms with van der Waals surface area (Å²) < 4.78 is 0. The van der Waals surface area contributed by atoms with Gasteiger partial charge in [0.2, 0.25) is 0 Å². The Labute approximate surface area is 94.0 Å². The Hall–Kier alpha value is 0.210. The van der Waals surface area contributed by atoms with E-state index in [1.807, 2.05) is 0 Å². The lowest BCUT2D eigenvalue weighted by molar-refractivity contribution is 0.302. The highest BCUT2D eigenvalue weighted by Crippen LogP contribution is 2.01. The Morgan fingerprint density at radius 2 is 1.86 bits per heavy atom. The smallest absolute Gasteiger partial charge is 0.0308 e. The number of rotatable bonds is 9. The fraction of sp³-hybridized carbons (Fsp3) is 1.00. The van der Waals surface area contributed by atoms with Crippen molar-refractivity contribution in [3.05, 3.63) is 0 Å². The normalized spacial score (nSPS) is 13.5. The van der Waals surface area contributed by atoms with Crippen molar-refractivity contribution in [3.63, 3.8) is 0 Å². The van der Waals surface area contributed by atoms with E-state index in [0.29, 0.717) is 5.38 Å². The Balaban J connectivity index is 3.12. The van der Waals surface area contributed by atoms with E-state index in [9.17, 15) is 0 Å². The van der Waals surface area contributed by atoms with Gasteiger partial charge in [-0.05, 0) is 39.4 Å². The Morgan fingerprint density at radius 3 is 2.36 bits per heavy atom. The highest BCUT2D eigenvalue weighted by molar-refractivity contribution is 6.20. The second-order valence-corrected chi connectivity index (χ2v) is 4.44. The minimum atomic E-state index is 0.319. The molecular weight excluding hydrogens is 196 g/mol. The van der Waals surface area contributed by atoms with Crippen molar-refractivity contribution in [2.75, 3.05) is 32.7 Å². The minimum absolute atomic E-state index is 0.319. The first-order chi connectivity index (χ1) is 6.70. The van der Waals surface area contributed by atoms with E-state index in [0.717, 1.165) is 39.1 Å². The van der Waals surface area contributed by atoms with Gasteiger partial charge in [0.05, 0.1) is 0 Å². The highest BCUT2D eigenvalue weighted by Gasteiger charge is 1.98. The molecule has 0 aliphatic rings. The lowest BCUT2D eigenvalue weighted by atomic mass is 10.2. The molecule has 0 saturated carbocycles. The lowest BCUT2D eigenvalue weighted by Gasteiger charge is -2.17. The van der Waals surface area contributed by atoms with Crippen molar-refractivity contribution in [1.82, 2.24) is 10.2 Å². The zero-order chi connectivity index (χ0) is 10.8. The third-order valence-electron chi connectivity index (χ3n) is 2.45. The molecule has 0 saturated heterocycles. The molecule has 0 aliphatic heterocycles. The van der Waals surface area contributed by atoms with Gasteiger partial charge in [0, 0.05) is 18.5 Å². The molecule has 0 spiro atoms. The molecule has 1 unspecified atom stereocenters. The molecule has 0 heterocycles. The van der Waals surface area contributed by atoms with Crippen LogP contribution in [0.4, 0.5) is 0 Å². The first kappa shape index (κ1) is 14.2. The Bertz CT molecular complexity index is 114. The van der Waals surface area contributed by atoms with Crippen molar-refractivity contribution < 1.29 is 0 Å². The molecule has 0 rings (SSSR count). The Morgan fingerprint density at radius 1 is 1.21 bits per heavy atom. The molecule has 0 aromatic carbocycles. The molecule has 0 aromatic heterocycles. The molecule has 2 nitrogen and oxygen atoms in total. The first-order valence-corrected chi connectivity index (χ1v) is 6.21. The number of hydrogen-bond acceptors (Lipinski definition) is 2. The number of hydrogen-bond donors (Lipinski definition) is 1. The standard InChI is InChI=1S/C11H25ClN2/c1-4-14(5-2)10-9-13-8-6-7-11(3)12/h11,13H,4-10H2,1-3H3. The summed E-state index contributed by atoms with van der Waals surface area (Å²) in [5.41, 5.74) is 0. The molecule has 0 radical (unpaired) electrons. The summed E-state index contributed by atoms with van der Waals surface area (Å²) in [6, 6.07) is 0. The van der Waals surface area contributed by atoms with Gasteiger partial charge >= 0.3 is 0 Å². The van der Waals surface area contributed by atoms with E-state index in [1.165, 1.54) is 6.42 Å². The van der Waals surface area contributed by atoms with Gasteiger partial charge in [-0.15, -0.1) is 11.6 Å². The summed E-state index contributed by atoms with van der Waals surface area (Å²) in [5, 5.41) is 3.76. The maximum atomic E-state index is 5.85. The van der Waals surface area contributed by atoms with Gasteiger partial charge in [0.25, 0.3) is 0 Å². The van der Waals surface area contributed by atoms with Crippen LogP contribution in [0.2, 0.25) is 0 Å². The summed E-state index contributed by atoms with van der Waals surface area (Å²) in [6.45, 7) is 12.1. The zero-order valence-electron chi connectivity index (χ0n) is 9.85. The molecule has 0 aliphatic carbocycles. The average molecular weight is 221 g/mol. The molecule has 1 atom stereocenters. The largest absolute Gasteiger partial charge is 0.315 e. The molecule has 0 amide bonds. The van der Waals surface area contributed by atoms with Crippen LogP contribution >= 0.6 is 11.6 Å². The summed E-state index contributed by atoms with van der Waals surface area (Å²) in [6.07, 6.45) is 2.29. The van der Waals surface area contributed by atoms with Crippen molar-refractivity contribution >= 4 is 11.6 Å². The summed E-state index contributed by atoms with van der Waals surface area (Å²) in [4.78, 5) is 2.43. The SMILES string of the molecule is CCN(CC)CCNCCCC(C)Cl. The van der Waals surface area contributed by atoms with E-state index in [4.69, 9.17) is 11.6 Å². The van der Waals surface area contributed by atoms with Crippen molar-refractivity contribution in [3.8, 4) is 0 Å². The number of halogens is 1. The van der Waals surface area contributed by atoms with Crippen LogP contribution in [0.25, 0.3) is 0 Å². The van der Waals surface area contributed by atoms with Crippen LogP contribution in [0, 0.1) is 0 Å². The van der Waals surface area contributed by atoms with E-state index >= 15 is 0 Å². The third-order valence-corrected chi connectivity index (χ3v) is 2.67. The molecule has 14 heavy (non-hydrogen) atoms. The van der Waals surface area contributed by atoms with E-state index in [2.05, 4.69) is 31.0 Å². The van der Waals surface area contributed by atoms with Gasteiger partial charge in [-0.25, -0.2) is 0 Å². The van der Waals surface area contributed by atoms with Crippen LogP contribution in [0.1, 0.15) is 33.6 Å². The van der Waals surface area contributed by atoms with Crippen molar-refractivity contribution in [2.24, 2.45) is 0 Å². The summed E-state index contributed by atoms with van der Waals surface area (Å²) >= 11 is 5.85. The molecule has 0 fully saturated rings. The van der Waals surface area contributed by atoms with E-state index in [-0.39, 0.29) is 0 Å². The minimum Gasteiger partial charge on any atom is -0.315 e.